The molecule has 0 saturated carbocycles. The van der Waals surface area contributed by atoms with Gasteiger partial charge < -0.3 is 19.6 Å². The second kappa shape index (κ2) is 11.1. The molecule has 12 heteroatoms. The van der Waals surface area contributed by atoms with E-state index in [1.165, 1.54) is 4.90 Å². The standard InChI is InChI=1S/C30H34F6N4O2/c1-20-7-3-4-8-25(20)40-21(2)39(16-15-37-11-5-6-12-37)27(42)28(40)9-13-38(14-10-28)26(41)22-17-23(29(31,32)33)19-24(18-22)30(34,35)36/h3-4,7-8,17-19,21H,5-6,9-16H2,1-2H3. The second-order valence-electron chi connectivity index (χ2n) is 11.5. The van der Waals surface area contributed by atoms with Crippen LogP contribution in [0.4, 0.5) is 32.0 Å². The average Bonchev–Trinajstić information content (AvgIpc) is 3.52. The van der Waals surface area contributed by atoms with Gasteiger partial charge in [0.2, 0.25) is 5.91 Å². The number of carbonyl (C=O) groups excluding carboxylic acids is 2. The predicted molar refractivity (Wildman–Crippen MR) is 145 cm³/mol. The lowest BCUT2D eigenvalue weighted by Gasteiger charge is -2.45. The minimum absolute atomic E-state index is 0.0111. The summed E-state index contributed by atoms with van der Waals surface area (Å²) in [5.41, 5.74) is -2.88. The molecule has 3 saturated heterocycles. The van der Waals surface area contributed by atoms with Crippen LogP contribution in [0, 0.1) is 6.92 Å². The summed E-state index contributed by atoms with van der Waals surface area (Å²) < 4.78 is 80.5. The van der Waals surface area contributed by atoms with Crippen molar-refractivity contribution in [2.75, 3.05) is 44.2 Å². The largest absolute Gasteiger partial charge is 0.416 e. The molecule has 3 aliphatic rings. The zero-order chi connectivity index (χ0) is 30.4. The number of amides is 2. The molecule has 3 aliphatic heterocycles. The number of anilines is 1. The molecule has 0 bridgehead atoms. The van der Waals surface area contributed by atoms with E-state index >= 15 is 0 Å². The topological polar surface area (TPSA) is 47.1 Å². The molecule has 1 spiro atoms. The maximum absolute atomic E-state index is 14.2. The Morgan fingerprint density at radius 3 is 2.00 bits per heavy atom. The van der Waals surface area contributed by atoms with E-state index in [0.717, 1.165) is 43.7 Å². The maximum Gasteiger partial charge on any atom is 0.416 e. The third-order valence-corrected chi connectivity index (χ3v) is 8.89. The molecule has 3 heterocycles. The molecule has 0 aromatic heterocycles. The highest BCUT2D eigenvalue weighted by Gasteiger charge is 2.57. The van der Waals surface area contributed by atoms with Crippen molar-refractivity contribution in [3.05, 3.63) is 64.7 Å². The van der Waals surface area contributed by atoms with Gasteiger partial charge in [-0.2, -0.15) is 26.3 Å². The number of benzene rings is 2. The fourth-order valence-corrected chi connectivity index (χ4v) is 6.64. The highest BCUT2D eigenvalue weighted by atomic mass is 19.4. The molecule has 0 radical (unpaired) electrons. The van der Waals surface area contributed by atoms with E-state index in [4.69, 9.17) is 0 Å². The van der Waals surface area contributed by atoms with Gasteiger partial charge in [-0.25, -0.2) is 0 Å². The van der Waals surface area contributed by atoms with Crippen molar-refractivity contribution in [3.8, 4) is 0 Å². The Labute approximate surface area is 240 Å². The lowest BCUT2D eigenvalue weighted by Crippen LogP contribution is -2.58. The van der Waals surface area contributed by atoms with Crippen LogP contribution in [0.3, 0.4) is 0 Å². The minimum Gasteiger partial charge on any atom is -0.338 e. The number of para-hydroxylation sites is 1. The van der Waals surface area contributed by atoms with Gasteiger partial charge in [-0.3, -0.25) is 9.59 Å². The first-order valence-electron chi connectivity index (χ1n) is 14.2. The summed E-state index contributed by atoms with van der Waals surface area (Å²) in [5.74, 6) is -0.990. The van der Waals surface area contributed by atoms with Crippen LogP contribution in [0.1, 0.15) is 59.7 Å². The van der Waals surface area contributed by atoms with Crippen molar-refractivity contribution >= 4 is 17.5 Å². The molecule has 1 atom stereocenters. The van der Waals surface area contributed by atoms with E-state index < -0.39 is 40.5 Å². The van der Waals surface area contributed by atoms with Gasteiger partial charge in [-0.05, 0) is 82.4 Å². The lowest BCUT2D eigenvalue weighted by molar-refractivity contribution is -0.143. The quantitative estimate of drug-likeness (QED) is 0.410. The first-order valence-corrected chi connectivity index (χ1v) is 14.2. The Kier molecular flexibility index (Phi) is 7.97. The van der Waals surface area contributed by atoms with Crippen molar-refractivity contribution in [3.63, 3.8) is 0 Å². The van der Waals surface area contributed by atoms with Gasteiger partial charge in [0.05, 0.1) is 11.1 Å². The molecule has 42 heavy (non-hydrogen) atoms. The molecule has 228 valence electrons. The van der Waals surface area contributed by atoms with Gasteiger partial charge in [-0.15, -0.1) is 0 Å². The van der Waals surface area contributed by atoms with E-state index in [0.29, 0.717) is 18.7 Å². The van der Waals surface area contributed by atoms with Gasteiger partial charge in [0.25, 0.3) is 5.91 Å². The van der Waals surface area contributed by atoms with Crippen LogP contribution in [0.5, 0.6) is 0 Å². The zero-order valence-electron chi connectivity index (χ0n) is 23.6. The van der Waals surface area contributed by atoms with Gasteiger partial charge in [0.1, 0.15) is 11.7 Å². The molecule has 3 fully saturated rings. The highest BCUT2D eigenvalue weighted by molar-refractivity contribution is 5.97. The molecular formula is C30H34F6N4O2. The zero-order valence-corrected chi connectivity index (χ0v) is 23.6. The fraction of sp³-hybridized carbons (Fsp3) is 0.533. The summed E-state index contributed by atoms with van der Waals surface area (Å²) in [7, 11) is 0. The number of alkyl halides is 6. The summed E-state index contributed by atoms with van der Waals surface area (Å²) >= 11 is 0. The monoisotopic (exact) mass is 596 g/mol. The van der Waals surface area contributed by atoms with Gasteiger partial charge in [-0.1, -0.05) is 18.2 Å². The number of rotatable bonds is 5. The summed E-state index contributed by atoms with van der Waals surface area (Å²) in [4.78, 5) is 35.0. The van der Waals surface area contributed by atoms with Crippen LogP contribution in [-0.2, 0) is 17.1 Å². The number of hydrogen-bond acceptors (Lipinski definition) is 4. The molecule has 0 aliphatic carbocycles. The average molecular weight is 597 g/mol. The summed E-state index contributed by atoms with van der Waals surface area (Å²) in [6.45, 7) is 7.22. The number of nitrogens with zero attached hydrogens (tertiary/aromatic N) is 4. The van der Waals surface area contributed by atoms with E-state index in [1.54, 1.807) is 0 Å². The third kappa shape index (κ3) is 5.57. The molecule has 5 rings (SSSR count). The third-order valence-electron chi connectivity index (χ3n) is 8.89. The predicted octanol–water partition coefficient (Wildman–Crippen LogP) is 5.80. The second-order valence-corrected chi connectivity index (χ2v) is 11.5. The van der Waals surface area contributed by atoms with Crippen LogP contribution in [-0.4, -0.2) is 77.5 Å². The number of aryl methyl sites for hydroxylation is 1. The van der Waals surface area contributed by atoms with E-state index in [9.17, 15) is 35.9 Å². The number of hydrogen-bond donors (Lipinski definition) is 0. The van der Waals surface area contributed by atoms with Gasteiger partial charge in [0.15, 0.2) is 0 Å². The molecule has 0 N–H and O–H groups in total. The maximum atomic E-state index is 14.2. The first kappa shape index (κ1) is 30.2. The van der Waals surface area contributed by atoms with Crippen LogP contribution < -0.4 is 4.90 Å². The Morgan fingerprint density at radius 2 is 1.45 bits per heavy atom. The van der Waals surface area contributed by atoms with Gasteiger partial charge >= 0.3 is 12.4 Å². The Morgan fingerprint density at radius 1 is 0.881 bits per heavy atom. The Hall–Kier alpha value is -3.28. The van der Waals surface area contributed by atoms with Crippen LogP contribution in [0.25, 0.3) is 0 Å². The van der Waals surface area contributed by atoms with Crippen molar-refractivity contribution in [2.24, 2.45) is 0 Å². The molecule has 2 amide bonds. The summed E-state index contributed by atoms with van der Waals surface area (Å²) in [5, 5.41) is 0. The lowest BCUT2D eigenvalue weighted by atomic mass is 9.84. The van der Waals surface area contributed by atoms with Gasteiger partial charge in [0, 0.05) is 37.4 Å². The summed E-state index contributed by atoms with van der Waals surface area (Å²) in [6.07, 6.45) is -7.74. The number of carbonyl (C=O) groups is 2. The normalized spacial score (nSPS) is 21.6. The molecular weight excluding hydrogens is 562 g/mol. The summed E-state index contributed by atoms with van der Waals surface area (Å²) in [6, 6.07) is 8.64. The Balaban J connectivity index is 1.42. The van der Waals surface area contributed by atoms with Crippen LogP contribution >= 0.6 is 0 Å². The Bertz CT molecular complexity index is 1300. The first-order chi connectivity index (χ1) is 19.7. The minimum atomic E-state index is -5.05. The van der Waals surface area contributed by atoms with Crippen molar-refractivity contribution in [2.45, 2.75) is 63.6 Å². The van der Waals surface area contributed by atoms with E-state index in [1.807, 2.05) is 43.0 Å². The van der Waals surface area contributed by atoms with Crippen LogP contribution in [0.15, 0.2) is 42.5 Å². The van der Waals surface area contributed by atoms with E-state index in [2.05, 4.69) is 9.80 Å². The smallest absolute Gasteiger partial charge is 0.338 e. The van der Waals surface area contributed by atoms with Crippen molar-refractivity contribution < 1.29 is 35.9 Å². The molecule has 6 nitrogen and oxygen atoms in total. The SMILES string of the molecule is Cc1ccccc1N1C(C)N(CCN2CCCC2)C(=O)C12CCN(C(=O)c1cc(C(F)(F)F)cc(C(F)(F)F)c1)CC2. The molecule has 2 aromatic rings. The molecule has 2 aromatic carbocycles. The van der Waals surface area contributed by atoms with E-state index in [-0.39, 0.29) is 44.1 Å². The van der Waals surface area contributed by atoms with Crippen LogP contribution in [0.2, 0.25) is 0 Å². The molecule has 1 unspecified atom stereocenters. The highest BCUT2D eigenvalue weighted by Crippen LogP contribution is 2.44. The number of piperidine rings is 1. The van der Waals surface area contributed by atoms with Crippen molar-refractivity contribution in [1.82, 2.24) is 14.7 Å². The number of halogens is 6. The van der Waals surface area contributed by atoms with Crippen molar-refractivity contribution in [1.29, 1.82) is 0 Å². The number of likely N-dealkylation sites (tertiary alicyclic amines) is 2. The fourth-order valence-electron chi connectivity index (χ4n) is 6.64.